The Morgan fingerprint density at radius 2 is 1.65 bits per heavy atom. The second-order valence-corrected chi connectivity index (χ2v) is 5.62. The van der Waals surface area contributed by atoms with Crippen molar-refractivity contribution in [3.63, 3.8) is 0 Å². The van der Waals surface area contributed by atoms with Crippen LogP contribution < -0.4 is 4.57 Å². The highest BCUT2D eigenvalue weighted by Gasteiger charge is 2.21. The van der Waals surface area contributed by atoms with Crippen molar-refractivity contribution in [2.45, 2.75) is 25.8 Å². The van der Waals surface area contributed by atoms with Crippen molar-refractivity contribution < 1.29 is 4.57 Å². The van der Waals surface area contributed by atoms with Crippen molar-refractivity contribution in [1.29, 1.82) is 0 Å². The highest BCUT2D eigenvalue weighted by molar-refractivity contribution is 5.80. The van der Waals surface area contributed by atoms with Crippen LogP contribution in [0.2, 0.25) is 0 Å². The van der Waals surface area contributed by atoms with E-state index in [0.29, 0.717) is 0 Å². The minimum Gasteiger partial charge on any atom is -0.194 e. The number of pyridine rings is 1. The molecule has 98 valence electrons. The Morgan fingerprint density at radius 3 is 2.55 bits per heavy atom. The van der Waals surface area contributed by atoms with Gasteiger partial charge in [0.15, 0.2) is 12.7 Å². The molecule has 0 radical (unpaired) electrons. The van der Waals surface area contributed by atoms with Crippen molar-refractivity contribution in [1.82, 2.24) is 0 Å². The lowest BCUT2D eigenvalue weighted by Gasteiger charge is -2.06. The van der Waals surface area contributed by atoms with Gasteiger partial charge in [-0.3, -0.25) is 0 Å². The zero-order valence-corrected chi connectivity index (χ0v) is 11.5. The van der Waals surface area contributed by atoms with Crippen LogP contribution in [0.25, 0.3) is 10.9 Å². The molecule has 1 aliphatic rings. The molecule has 3 aromatic rings. The van der Waals surface area contributed by atoms with E-state index in [1.54, 1.807) is 11.1 Å². The maximum Gasteiger partial charge on any atom is 0.213 e. The number of aryl methyl sites for hydroxylation is 2. The third-order valence-corrected chi connectivity index (χ3v) is 4.31. The van der Waals surface area contributed by atoms with E-state index in [9.17, 15) is 0 Å². The molecule has 0 fully saturated rings. The van der Waals surface area contributed by atoms with Crippen LogP contribution in [-0.4, -0.2) is 0 Å². The quantitative estimate of drug-likeness (QED) is 0.619. The molecule has 0 amide bonds. The van der Waals surface area contributed by atoms with E-state index in [-0.39, 0.29) is 0 Å². The van der Waals surface area contributed by atoms with Gasteiger partial charge in [0, 0.05) is 22.6 Å². The molecule has 0 saturated carbocycles. The zero-order chi connectivity index (χ0) is 13.4. The van der Waals surface area contributed by atoms with Gasteiger partial charge in [-0.05, 0) is 30.9 Å². The molecule has 0 unspecified atom stereocenters. The monoisotopic (exact) mass is 260 g/mol. The normalized spacial score (nSPS) is 13.6. The number of hydrogen-bond acceptors (Lipinski definition) is 0. The largest absolute Gasteiger partial charge is 0.213 e. The summed E-state index contributed by atoms with van der Waals surface area (Å²) in [5, 5.41) is 1.44. The summed E-state index contributed by atoms with van der Waals surface area (Å²) in [7, 11) is 0. The van der Waals surface area contributed by atoms with E-state index >= 15 is 0 Å². The van der Waals surface area contributed by atoms with Gasteiger partial charge < -0.3 is 0 Å². The van der Waals surface area contributed by atoms with E-state index in [0.717, 1.165) is 6.54 Å². The summed E-state index contributed by atoms with van der Waals surface area (Å²) < 4.78 is 2.41. The van der Waals surface area contributed by atoms with E-state index < -0.39 is 0 Å². The molecule has 0 N–H and O–H groups in total. The van der Waals surface area contributed by atoms with Crippen LogP contribution in [-0.2, 0) is 19.4 Å². The number of fused-ring (bicyclic) bond motifs is 3. The predicted octanol–water partition coefficient (Wildman–Crippen LogP) is 3.66. The van der Waals surface area contributed by atoms with Crippen molar-refractivity contribution in [2.24, 2.45) is 0 Å². The van der Waals surface area contributed by atoms with Crippen molar-refractivity contribution in [2.75, 3.05) is 0 Å². The molecule has 0 atom stereocenters. The van der Waals surface area contributed by atoms with Crippen molar-refractivity contribution in [3.05, 3.63) is 77.5 Å². The maximum atomic E-state index is 2.41. The smallest absolute Gasteiger partial charge is 0.194 e. The minimum atomic E-state index is 0.953. The highest BCUT2D eigenvalue weighted by Crippen LogP contribution is 2.27. The fourth-order valence-electron chi connectivity index (χ4n) is 3.37. The van der Waals surface area contributed by atoms with Gasteiger partial charge in [-0.1, -0.05) is 42.5 Å². The van der Waals surface area contributed by atoms with Crippen LogP contribution in [0, 0.1) is 0 Å². The lowest BCUT2D eigenvalue weighted by atomic mass is 10.1. The molecule has 1 aromatic heterocycles. The first-order valence-electron chi connectivity index (χ1n) is 7.39. The van der Waals surface area contributed by atoms with Gasteiger partial charge in [0.2, 0.25) is 5.52 Å². The Balaban J connectivity index is 1.89. The summed E-state index contributed by atoms with van der Waals surface area (Å²) in [5.74, 6) is 0. The Bertz CT molecular complexity index is 759. The molecule has 1 aliphatic carbocycles. The van der Waals surface area contributed by atoms with Crippen LogP contribution in [0.5, 0.6) is 0 Å². The van der Waals surface area contributed by atoms with Crippen LogP contribution in [0.15, 0.2) is 60.8 Å². The molecular formula is C19H18N+. The standard InChI is InChI=1S/C19H18N/c1-2-7-15(8-3-1)13-20-14-16-9-6-11-17(16)18-10-4-5-12-19(18)20/h1-5,7-8,10,12,14H,6,9,11,13H2/q+1. The van der Waals surface area contributed by atoms with Gasteiger partial charge >= 0.3 is 0 Å². The number of rotatable bonds is 2. The summed E-state index contributed by atoms with van der Waals surface area (Å²) in [6.45, 7) is 0.953. The van der Waals surface area contributed by atoms with Crippen LogP contribution in [0.1, 0.15) is 23.1 Å². The second kappa shape index (κ2) is 4.75. The van der Waals surface area contributed by atoms with Gasteiger partial charge in [0.05, 0.1) is 0 Å². The molecule has 1 heterocycles. The number of nitrogens with zero attached hydrogens (tertiary/aromatic N) is 1. The lowest BCUT2D eigenvalue weighted by molar-refractivity contribution is -0.662. The predicted molar refractivity (Wildman–Crippen MR) is 81.7 cm³/mol. The Morgan fingerprint density at radius 1 is 0.850 bits per heavy atom. The molecule has 0 aliphatic heterocycles. The van der Waals surface area contributed by atoms with Gasteiger partial charge in [0.1, 0.15) is 0 Å². The van der Waals surface area contributed by atoms with E-state index in [1.807, 2.05) is 0 Å². The first kappa shape index (κ1) is 11.7. The minimum absolute atomic E-state index is 0.953. The molecule has 1 heteroatoms. The number of hydrogen-bond donors (Lipinski definition) is 0. The van der Waals surface area contributed by atoms with Gasteiger partial charge in [-0.25, -0.2) is 0 Å². The number of para-hydroxylation sites is 1. The first-order valence-corrected chi connectivity index (χ1v) is 7.39. The number of aromatic nitrogens is 1. The van der Waals surface area contributed by atoms with Crippen LogP contribution in [0.4, 0.5) is 0 Å². The van der Waals surface area contributed by atoms with Crippen molar-refractivity contribution >= 4 is 10.9 Å². The molecular weight excluding hydrogens is 242 g/mol. The SMILES string of the molecule is c1ccc(C[n+]2cc3c(c4ccccc42)CCC3)cc1. The molecule has 4 rings (SSSR count). The van der Waals surface area contributed by atoms with E-state index in [2.05, 4.69) is 65.4 Å². The average Bonchev–Trinajstić information content (AvgIpc) is 2.97. The fraction of sp³-hybridized carbons (Fsp3) is 0.211. The third kappa shape index (κ3) is 1.90. The molecule has 2 aromatic carbocycles. The topological polar surface area (TPSA) is 3.88 Å². The van der Waals surface area contributed by atoms with Crippen LogP contribution >= 0.6 is 0 Å². The third-order valence-electron chi connectivity index (χ3n) is 4.31. The van der Waals surface area contributed by atoms with Crippen molar-refractivity contribution in [3.8, 4) is 0 Å². The fourth-order valence-corrected chi connectivity index (χ4v) is 3.37. The Labute approximate surface area is 119 Å². The number of benzene rings is 2. The maximum absolute atomic E-state index is 2.41. The zero-order valence-electron chi connectivity index (χ0n) is 11.5. The van der Waals surface area contributed by atoms with Crippen LogP contribution in [0.3, 0.4) is 0 Å². The molecule has 0 saturated heterocycles. The summed E-state index contributed by atoms with van der Waals surface area (Å²) in [5.41, 5.74) is 5.84. The average molecular weight is 260 g/mol. The van der Waals surface area contributed by atoms with E-state index in [4.69, 9.17) is 0 Å². The summed E-state index contributed by atoms with van der Waals surface area (Å²) in [6.07, 6.45) is 6.14. The summed E-state index contributed by atoms with van der Waals surface area (Å²) in [6, 6.07) is 19.5. The summed E-state index contributed by atoms with van der Waals surface area (Å²) >= 11 is 0. The van der Waals surface area contributed by atoms with Gasteiger partial charge in [-0.2, -0.15) is 4.57 Å². The van der Waals surface area contributed by atoms with Gasteiger partial charge in [0.25, 0.3) is 0 Å². The molecule has 20 heavy (non-hydrogen) atoms. The van der Waals surface area contributed by atoms with E-state index in [1.165, 1.54) is 35.7 Å². The lowest BCUT2D eigenvalue weighted by Crippen LogP contribution is -2.35. The second-order valence-electron chi connectivity index (χ2n) is 5.62. The Hall–Kier alpha value is -2.15. The molecule has 0 bridgehead atoms. The first-order chi connectivity index (χ1) is 9.92. The Kier molecular flexibility index (Phi) is 2.77. The summed E-state index contributed by atoms with van der Waals surface area (Å²) in [4.78, 5) is 0. The molecule has 0 spiro atoms. The molecule has 1 nitrogen and oxygen atoms in total. The van der Waals surface area contributed by atoms with Gasteiger partial charge in [-0.15, -0.1) is 0 Å². The highest BCUT2D eigenvalue weighted by atomic mass is 14.9.